The lowest BCUT2D eigenvalue weighted by molar-refractivity contribution is -0.120. The zero-order chi connectivity index (χ0) is 30.1. The molecular weight excluding hydrogens is 562 g/mol. The minimum absolute atomic E-state index is 0.0650. The maximum absolute atomic E-state index is 13.7. The van der Waals surface area contributed by atoms with Crippen LogP contribution in [-0.2, 0) is 24.7 Å². The number of sulfonamides is 1. The zero-order valence-corrected chi connectivity index (χ0v) is 24.8. The number of carbonyl (C=O) groups is 1. The summed E-state index contributed by atoms with van der Waals surface area (Å²) in [5, 5.41) is 13.8. The van der Waals surface area contributed by atoms with Crippen LogP contribution < -0.4 is 21.1 Å². The molecule has 1 aliphatic heterocycles. The first-order valence-electron chi connectivity index (χ1n) is 13.1. The van der Waals surface area contributed by atoms with Gasteiger partial charge in [0.1, 0.15) is 11.4 Å². The number of nitrogens with two attached hydrogens (primary N) is 1. The second-order valence-electron chi connectivity index (χ2n) is 11.2. The van der Waals surface area contributed by atoms with E-state index in [1.54, 1.807) is 93.6 Å². The number of carbonyl (C=O) groups excluding carboxylic acids is 1. The predicted molar refractivity (Wildman–Crippen MR) is 162 cm³/mol. The molecule has 1 heterocycles. The highest BCUT2D eigenvalue weighted by Crippen LogP contribution is 2.32. The van der Waals surface area contributed by atoms with E-state index in [0.29, 0.717) is 28.1 Å². The van der Waals surface area contributed by atoms with Gasteiger partial charge in [0, 0.05) is 28.0 Å². The minimum atomic E-state index is -3.79. The van der Waals surface area contributed by atoms with Gasteiger partial charge in [0.05, 0.1) is 16.4 Å². The number of anilines is 2. The maximum atomic E-state index is 13.7. The molecule has 0 atom stereocenters. The molecule has 41 heavy (non-hydrogen) atoms. The van der Waals surface area contributed by atoms with E-state index in [-0.39, 0.29) is 35.1 Å². The lowest BCUT2D eigenvalue weighted by atomic mass is 9.90. The highest BCUT2D eigenvalue weighted by atomic mass is 32.2. The van der Waals surface area contributed by atoms with Crippen molar-refractivity contribution < 1.29 is 21.6 Å². The first-order chi connectivity index (χ1) is 19.1. The fourth-order valence-corrected chi connectivity index (χ4v) is 7.89. The number of sulfone groups is 1. The molecule has 6 N–H and O–H groups in total. The number of benzene rings is 3. The van der Waals surface area contributed by atoms with E-state index in [4.69, 9.17) is 11.1 Å². The smallest absolute Gasteiger partial charge is 0.250 e. The summed E-state index contributed by atoms with van der Waals surface area (Å²) in [5.74, 6) is -0.813. The van der Waals surface area contributed by atoms with Crippen molar-refractivity contribution in [3.05, 3.63) is 78.4 Å². The molecule has 3 aromatic rings. The number of nitrogens with one attached hydrogen (secondary N) is 4. The van der Waals surface area contributed by atoms with Crippen LogP contribution in [0.4, 0.5) is 11.4 Å². The van der Waals surface area contributed by atoms with E-state index in [1.807, 2.05) is 0 Å². The Labute approximate surface area is 241 Å². The number of amidine groups is 1. The van der Waals surface area contributed by atoms with Crippen molar-refractivity contribution in [3.63, 3.8) is 0 Å². The van der Waals surface area contributed by atoms with Crippen molar-refractivity contribution in [1.29, 1.82) is 5.41 Å². The van der Waals surface area contributed by atoms with Crippen LogP contribution in [0, 0.1) is 5.41 Å². The van der Waals surface area contributed by atoms with E-state index >= 15 is 0 Å². The summed E-state index contributed by atoms with van der Waals surface area (Å²) in [5.41, 5.74) is 6.41. The molecule has 0 aromatic heterocycles. The Morgan fingerprint density at radius 3 is 2.17 bits per heavy atom. The number of hydrogen-bond acceptors (Lipinski definition) is 7. The van der Waals surface area contributed by atoms with Crippen molar-refractivity contribution in [2.45, 2.75) is 49.6 Å². The van der Waals surface area contributed by atoms with Crippen LogP contribution in [0.15, 0.2) is 77.7 Å². The molecule has 0 saturated carbocycles. The van der Waals surface area contributed by atoms with E-state index in [2.05, 4.69) is 15.4 Å². The van der Waals surface area contributed by atoms with Crippen molar-refractivity contribution in [2.24, 2.45) is 5.73 Å². The molecule has 1 saturated heterocycles. The molecule has 0 radical (unpaired) electrons. The van der Waals surface area contributed by atoms with Crippen LogP contribution in [0.1, 0.15) is 39.2 Å². The molecule has 1 fully saturated rings. The molecule has 10 nitrogen and oxygen atoms in total. The predicted octanol–water partition coefficient (Wildman–Crippen LogP) is 3.71. The lowest BCUT2D eigenvalue weighted by Crippen LogP contribution is -2.54. The van der Waals surface area contributed by atoms with E-state index in [9.17, 15) is 21.6 Å². The molecule has 3 aromatic carbocycles. The van der Waals surface area contributed by atoms with E-state index in [0.717, 1.165) is 0 Å². The number of rotatable bonds is 8. The summed E-state index contributed by atoms with van der Waals surface area (Å²) in [7, 11) is -7.06. The normalized spacial score (nSPS) is 16.5. The van der Waals surface area contributed by atoms with Crippen LogP contribution in [0.3, 0.4) is 0 Å². The number of hydrogen-bond donors (Lipinski definition) is 5. The molecule has 0 bridgehead atoms. The Kier molecular flexibility index (Phi) is 8.30. The van der Waals surface area contributed by atoms with Gasteiger partial charge in [-0.1, -0.05) is 42.5 Å². The maximum Gasteiger partial charge on any atom is 0.250 e. The molecular formula is C29H35N5O5S2. The Hall–Kier alpha value is -3.74. The summed E-state index contributed by atoms with van der Waals surface area (Å²) in [6.07, 6.45) is 0.130. The largest absolute Gasteiger partial charge is 0.384 e. The van der Waals surface area contributed by atoms with E-state index in [1.165, 1.54) is 0 Å². The average molecular weight is 598 g/mol. The first kappa shape index (κ1) is 30.2. The summed E-state index contributed by atoms with van der Waals surface area (Å²) in [4.78, 5) is 13.8. The van der Waals surface area contributed by atoms with Crippen molar-refractivity contribution in [2.75, 3.05) is 22.1 Å². The summed E-state index contributed by atoms with van der Waals surface area (Å²) >= 11 is 0. The van der Waals surface area contributed by atoms with Crippen LogP contribution >= 0.6 is 0 Å². The van der Waals surface area contributed by atoms with Crippen LogP contribution in [0.25, 0.3) is 11.1 Å². The van der Waals surface area contributed by atoms with Crippen molar-refractivity contribution in [1.82, 2.24) is 4.72 Å². The Bertz CT molecular complexity index is 1660. The lowest BCUT2D eigenvalue weighted by Gasteiger charge is -2.37. The summed E-state index contributed by atoms with van der Waals surface area (Å²) in [6.45, 7) is 5.32. The fraction of sp³-hybridized carbons (Fsp3) is 0.310. The van der Waals surface area contributed by atoms with Gasteiger partial charge in [-0.25, -0.2) is 21.6 Å². The fourth-order valence-electron chi connectivity index (χ4n) is 4.72. The summed E-state index contributed by atoms with van der Waals surface area (Å²) < 4.78 is 53.3. The van der Waals surface area contributed by atoms with Gasteiger partial charge in [0.15, 0.2) is 9.84 Å². The van der Waals surface area contributed by atoms with Crippen LogP contribution in [0.2, 0.25) is 0 Å². The highest BCUT2D eigenvalue weighted by Gasteiger charge is 2.43. The highest BCUT2D eigenvalue weighted by molar-refractivity contribution is 7.91. The zero-order valence-electron chi connectivity index (χ0n) is 23.2. The van der Waals surface area contributed by atoms with Crippen LogP contribution in [-0.4, -0.2) is 51.2 Å². The topological polar surface area (TPSA) is 171 Å². The number of nitrogen functional groups attached to an aromatic ring is 1. The van der Waals surface area contributed by atoms with Gasteiger partial charge in [0.2, 0.25) is 15.9 Å². The minimum Gasteiger partial charge on any atom is -0.384 e. The van der Waals surface area contributed by atoms with Crippen molar-refractivity contribution >= 4 is 43.0 Å². The molecule has 1 aliphatic rings. The summed E-state index contributed by atoms with van der Waals surface area (Å²) in [6, 6.07) is 20.3. The van der Waals surface area contributed by atoms with Gasteiger partial charge in [-0.05, 0) is 69.5 Å². The van der Waals surface area contributed by atoms with Gasteiger partial charge in [0.25, 0.3) is 0 Å². The quantitative estimate of drug-likeness (QED) is 0.195. The molecule has 218 valence electrons. The standard InChI is InChI=1S/C29H35N5O5S2/c1-28(2,3)34-41(38,39)25-10-5-4-9-24(25)20-11-13-22(14-12-20)32-27(35)29(15-17-40(36,37)18-16-29)33-23-8-6-7-21(19-23)26(30)31/h4-14,19,33-34H,15-18H2,1-3H3,(H3,30,31)(H,32,35). The third kappa shape index (κ3) is 7.32. The molecule has 0 spiro atoms. The number of amides is 1. The van der Waals surface area contributed by atoms with Gasteiger partial charge in [-0.3, -0.25) is 10.2 Å². The average Bonchev–Trinajstić information content (AvgIpc) is 2.89. The third-order valence-electron chi connectivity index (χ3n) is 6.74. The van der Waals surface area contributed by atoms with Crippen molar-refractivity contribution in [3.8, 4) is 11.1 Å². The van der Waals surface area contributed by atoms with E-state index < -0.39 is 36.8 Å². The molecule has 1 amide bonds. The van der Waals surface area contributed by atoms with Gasteiger partial charge >= 0.3 is 0 Å². The molecule has 4 rings (SSSR count). The first-order valence-corrected chi connectivity index (χ1v) is 16.4. The van der Waals surface area contributed by atoms with Gasteiger partial charge < -0.3 is 16.4 Å². The van der Waals surface area contributed by atoms with Gasteiger partial charge in [-0.15, -0.1) is 0 Å². The second kappa shape index (κ2) is 11.3. The molecule has 0 aliphatic carbocycles. The second-order valence-corrected chi connectivity index (χ2v) is 15.2. The Morgan fingerprint density at radius 1 is 0.927 bits per heavy atom. The molecule has 0 unspecified atom stereocenters. The van der Waals surface area contributed by atoms with Gasteiger partial charge in [-0.2, -0.15) is 0 Å². The molecule has 12 heteroatoms. The van der Waals surface area contributed by atoms with Crippen LogP contribution in [0.5, 0.6) is 0 Å². The Morgan fingerprint density at radius 2 is 1.56 bits per heavy atom. The third-order valence-corrected chi connectivity index (χ3v) is 10.2. The SMILES string of the molecule is CC(C)(C)NS(=O)(=O)c1ccccc1-c1ccc(NC(=O)C2(Nc3cccc(C(=N)N)c3)CCS(=O)(=O)CC2)cc1. The monoisotopic (exact) mass is 597 g/mol. The Balaban J connectivity index is 1.60.